The molecule has 94 valence electrons. The minimum absolute atomic E-state index is 0.608. The summed E-state index contributed by atoms with van der Waals surface area (Å²) in [5, 5.41) is 7.39. The van der Waals surface area contributed by atoms with E-state index in [1.54, 1.807) is 0 Å². The standard InChI is InChI=1S/C12H24N2OS/c1-2-9-15-10-5-8-13-12(16)14-11-6-3-4-7-11/h11H,2-10H2,1H3,(H2,13,14,16). The monoisotopic (exact) mass is 244 g/mol. The lowest BCUT2D eigenvalue weighted by Crippen LogP contribution is -2.41. The third kappa shape index (κ3) is 6.28. The lowest BCUT2D eigenvalue weighted by molar-refractivity contribution is 0.133. The van der Waals surface area contributed by atoms with Gasteiger partial charge >= 0.3 is 0 Å². The zero-order chi connectivity index (χ0) is 11.6. The van der Waals surface area contributed by atoms with Crippen LogP contribution in [0.25, 0.3) is 0 Å². The molecule has 0 heterocycles. The highest BCUT2D eigenvalue weighted by atomic mass is 32.1. The Balaban J connectivity index is 1.89. The second-order valence-corrected chi connectivity index (χ2v) is 4.76. The van der Waals surface area contributed by atoms with E-state index in [1.807, 2.05) is 0 Å². The summed E-state index contributed by atoms with van der Waals surface area (Å²) >= 11 is 5.23. The molecule has 0 bridgehead atoms. The number of hydrogen-bond donors (Lipinski definition) is 2. The summed E-state index contributed by atoms with van der Waals surface area (Å²) in [7, 11) is 0. The molecule has 1 saturated carbocycles. The first-order chi connectivity index (χ1) is 7.83. The van der Waals surface area contributed by atoms with Crippen LogP contribution in [0.5, 0.6) is 0 Å². The van der Waals surface area contributed by atoms with Crippen molar-refractivity contribution in [3.8, 4) is 0 Å². The van der Waals surface area contributed by atoms with Gasteiger partial charge in [-0.15, -0.1) is 0 Å². The van der Waals surface area contributed by atoms with Gasteiger partial charge in [0.25, 0.3) is 0 Å². The van der Waals surface area contributed by atoms with Crippen molar-refractivity contribution in [2.45, 2.75) is 51.5 Å². The number of nitrogens with one attached hydrogen (secondary N) is 2. The van der Waals surface area contributed by atoms with E-state index in [9.17, 15) is 0 Å². The third-order valence-electron chi connectivity index (χ3n) is 2.79. The fraction of sp³-hybridized carbons (Fsp3) is 0.917. The molecule has 0 amide bonds. The van der Waals surface area contributed by atoms with Crippen LogP contribution in [-0.2, 0) is 4.74 Å². The van der Waals surface area contributed by atoms with Gasteiger partial charge in [-0.2, -0.15) is 0 Å². The topological polar surface area (TPSA) is 33.3 Å². The Hall–Kier alpha value is -0.350. The highest BCUT2D eigenvalue weighted by Gasteiger charge is 2.14. The highest BCUT2D eigenvalue weighted by Crippen LogP contribution is 2.17. The largest absolute Gasteiger partial charge is 0.381 e. The van der Waals surface area contributed by atoms with Crippen molar-refractivity contribution in [3.05, 3.63) is 0 Å². The van der Waals surface area contributed by atoms with Crippen molar-refractivity contribution in [1.82, 2.24) is 10.6 Å². The van der Waals surface area contributed by atoms with Gasteiger partial charge in [0.2, 0.25) is 0 Å². The molecule has 0 atom stereocenters. The second kappa shape index (κ2) is 8.76. The zero-order valence-electron chi connectivity index (χ0n) is 10.3. The maximum absolute atomic E-state index is 5.39. The first-order valence-corrected chi connectivity index (χ1v) is 6.86. The lowest BCUT2D eigenvalue weighted by atomic mass is 10.3. The quantitative estimate of drug-likeness (QED) is 0.531. The molecule has 0 aliphatic heterocycles. The van der Waals surface area contributed by atoms with Gasteiger partial charge in [0, 0.05) is 25.8 Å². The molecule has 0 unspecified atom stereocenters. The van der Waals surface area contributed by atoms with Crippen LogP contribution in [0.1, 0.15) is 45.4 Å². The molecule has 1 aliphatic rings. The maximum atomic E-state index is 5.39. The van der Waals surface area contributed by atoms with Gasteiger partial charge in [-0.1, -0.05) is 19.8 Å². The van der Waals surface area contributed by atoms with Crippen LogP contribution >= 0.6 is 12.2 Å². The van der Waals surface area contributed by atoms with E-state index in [1.165, 1.54) is 25.7 Å². The van der Waals surface area contributed by atoms with Crippen molar-refractivity contribution in [2.75, 3.05) is 19.8 Å². The summed E-state index contributed by atoms with van der Waals surface area (Å²) in [6.07, 6.45) is 7.32. The van der Waals surface area contributed by atoms with Crippen LogP contribution in [0.4, 0.5) is 0 Å². The molecule has 0 radical (unpaired) electrons. The molecule has 3 nitrogen and oxygen atoms in total. The molecule has 0 spiro atoms. The Kier molecular flexibility index (Phi) is 7.51. The molecule has 1 fully saturated rings. The van der Waals surface area contributed by atoms with E-state index in [0.29, 0.717) is 6.04 Å². The van der Waals surface area contributed by atoms with Crippen molar-refractivity contribution in [1.29, 1.82) is 0 Å². The first-order valence-electron chi connectivity index (χ1n) is 6.45. The Morgan fingerprint density at radius 2 is 2.06 bits per heavy atom. The summed E-state index contributed by atoms with van der Waals surface area (Å²) < 4.78 is 5.39. The normalized spacial score (nSPS) is 16.3. The molecule has 0 aromatic carbocycles. The molecule has 0 aromatic heterocycles. The van der Waals surface area contributed by atoms with Crippen LogP contribution in [0, 0.1) is 0 Å². The molecule has 0 saturated heterocycles. The highest BCUT2D eigenvalue weighted by molar-refractivity contribution is 7.80. The predicted molar refractivity (Wildman–Crippen MR) is 71.7 cm³/mol. The van der Waals surface area contributed by atoms with Crippen molar-refractivity contribution in [2.24, 2.45) is 0 Å². The zero-order valence-corrected chi connectivity index (χ0v) is 11.1. The van der Waals surface area contributed by atoms with Crippen LogP contribution < -0.4 is 10.6 Å². The summed E-state index contributed by atoms with van der Waals surface area (Å²) in [6.45, 7) is 4.72. The molecule has 4 heteroatoms. The molecule has 2 N–H and O–H groups in total. The maximum Gasteiger partial charge on any atom is 0.166 e. The average Bonchev–Trinajstić information content (AvgIpc) is 2.76. The van der Waals surface area contributed by atoms with Gasteiger partial charge < -0.3 is 15.4 Å². The smallest absolute Gasteiger partial charge is 0.166 e. The molecule has 16 heavy (non-hydrogen) atoms. The summed E-state index contributed by atoms with van der Waals surface area (Å²) in [6, 6.07) is 0.608. The van der Waals surface area contributed by atoms with E-state index in [4.69, 9.17) is 17.0 Å². The molecule has 0 aromatic rings. The van der Waals surface area contributed by atoms with Crippen molar-refractivity contribution in [3.63, 3.8) is 0 Å². The number of thiocarbonyl (C=S) groups is 1. The van der Waals surface area contributed by atoms with Crippen LogP contribution in [-0.4, -0.2) is 30.9 Å². The fourth-order valence-electron chi connectivity index (χ4n) is 1.93. The molecular weight excluding hydrogens is 220 g/mol. The van der Waals surface area contributed by atoms with E-state index in [0.717, 1.165) is 37.7 Å². The van der Waals surface area contributed by atoms with E-state index < -0.39 is 0 Å². The van der Waals surface area contributed by atoms with Gasteiger partial charge in [-0.05, 0) is 37.9 Å². The Morgan fingerprint density at radius 1 is 1.31 bits per heavy atom. The van der Waals surface area contributed by atoms with Crippen molar-refractivity contribution < 1.29 is 4.74 Å². The number of rotatable bonds is 7. The van der Waals surface area contributed by atoms with Gasteiger partial charge in [0.1, 0.15) is 0 Å². The average molecular weight is 244 g/mol. The van der Waals surface area contributed by atoms with Gasteiger partial charge in [0.05, 0.1) is 0 Å². The van der Waals surface area contributed by atoms with E-state index in [-0.39, 0.29) is 0 Å². The second-order valence-electron chi connectivity index (χ2n) is 4.35. The Morgan fingerprint density at radius 3 is 2.75 bits per heavy atom. The summed E-state index contributed by atoms with van der Waals surface area (Å²) in [5.41, 5.74) is 0. The van der Waals surface area contributed by atoms with Crippen LogP contribution in [0.2, 0.25) is 0 Å². The van der Waals surface area contributed by atoms with Crippen LogP contribution in [0.3, 0.4) is 0 Å². The summed E-state index contributed by atoms with van der Waals surface area (Å²) in [4.78, 5) is 0. The van der Waals surface area contributed by atoms with Gasteiger partial charge in [-0.3, -0.25) is 0 Å². The minimum atomic E-state index is 0.608. The van der Waals surface area contributed by atoms with Gasteiger partial charge in [-0.25, -0.2) is 0 Å². The SMILES string of the molecule is CCCOCCCNC(=S)NC1CCCC1. The Labute approximate surface area is 104 Å². The summed E-state index contributed by atoms with van der Waals surface area (Å²) in [5.74, 6) is 0. The molecule has 1 aliphatic carbocycles. The molecule has 1 rings (SSSR count). The van der Waals surface area contributed by atoms with E-state index in [2.05, 4.69) is 17.6 Å². The van der Waals surface area contributed by atoms with Crippen molar-refractivity contribution >= 4 is 17.3 Å². The first kappa shape index (κ1) is 13.7. The lowest BCUT2D eigenvalue weighted by Gasteiger charge is -2.15. The predicted octanol–water partition coefficient (Wildman–Crippen LogP) is 2.21. The minimum Gasteiger partial charge on any atom is -0.381 e. The number of hydrogen-bond acceptors (Lipinski definition) is 2. The number of ether oxygens (including phenoxy) is 1. The van der Waals surface area contributed by atoms with Gasteiger partial charge in [0.15, 0.2) is 5.11 Å². The van der Waals surface area contributed by atoms with Crippen LogP contribution in [0.15, 0.2) is 0 Å². The Bertz CT molecular complexity index is 193. The van der Waals surface area contributed by atoms with E-state index >= 15 is 0 Å². The fourth-order valence-corrected chi connectivity index (χ4v) is 2.20. The third-order valence-corrected chi connectivity index (χ3v) is 3.05. The molecular formula is C12H24N2OS.